The molecule has 3 heteroatoms. The van der Waals surface area contributed by atoms with Gasteiger partial charge in [0.1, 0.15) is 10.3 Å². The minimum atomic E-state index is 0.440. The smallest absolute Gasteiger partial charge is 0.118 e. The van der Waals surface area contributed by atoms with Crippen LogP contribution in [0.1, 0.15) is 0 Å². The van der Waals surface area contributed by atoms with Gasteiger partial charge in [-0.2, -0.15) is 0 Å². The average Bonchev–Trinajstić information content (AvgIpc) is 1.21. The first-order chi connectivity index (χ1) is 3.42. The minimum Gasteiger partial charge on any atom is -0.329 e. The van der Waals surface area contributed by atoms with Crippen molar-refractivity contribution in [2.75, 3.05) is 27.7 Å². The van der Waals surface area contributed by atoms with E-state index in [4.69, 9.17) is 0 Å². The Kier molecular flexibility index (Phi) is 3.55. The number of alkyl halides is 2. The van der Waals surface area contributed by atoms with E-state index in [0.717, 1.165) is 11.0 Å². The summed E-state index contributed by atoms with van der Waals surface area (Å²) in [6, 6.07) is 0. The van der Waals surface area contributed by atoms with E-state index in [9.17, 15) is 0 Å². The third-order valence-electron chi connectivity index (χ3n) is 0.686. The van der Waals surface area contributed by atoms with Crippen LogP contribution in [0.25, 0.3) is 0 Å². The van der Waals surface area contributed by atoms with Gasteiger partial charge < -0.3 is 4.48 Å². The van der Waals surface area contributed by atoms with Crippen LogP contribution in [0.2, 0.25) is 0 Å². The summed E-state index contributed by atoms with van der Waals surface area (Å²) in [7, 11) is 6.49. The van der Waals surface area contributed by atoms with E-state index in [1.54, 1.807) is 0 Å². The first kappa shape index (κ1) is 8.92. The summed E-state index contributed by atoms with van der Waals surface area (Å²) < 4.78 is 1.43. The van der Waals surface area contributed by atoms with Gasteiger partial charge in [-0.15, -0.1) is 0 Å². The van der Waals surface area contributed by atoms with Gasteiger partial charge in [0.2, 0.25) is 0 Å². The highest BCUT2D eigenvalue weighted by atomic mass is 79.9. The van der Waals surface area contributed by atoms with Crippen molar-refractivity contribution in [3.05, 3.63) is 0 Å². The Morgan fingerprint density at radius 1 is 1.25 bits per heavy atom. The summed E-state index contributed by atoms with van der Waals surface area (Å²) in [5.74, 6) is 0. The van der Waals surface area contributed by atoms with E-state index in [2.05, 4.69) is 53.0 Å². The molecule has 50 valence electrons. The molecule has 0 amide bonds. The van der Waals surface area contributed by atoms with Crippen molar-refractivity contribution in [1.82, 2.24) is 0 Å². The van der Waals surface area contributed by atoms with Crippen molar-refractivity contribution < 1.29 is 4.48 Å². The van der Waals surface area contributed by atoms with Crippen molar-refractivity contribution in [2.45, 2.75) is 3.74 Å². The van der Waals surface area contributed by atoms with E-state index in [-0.39, 0.29) is 0 Å². The monoisotopic (exact) mass is 244 g/mol. The second-order valence-electron chi connectivity index (χ2n) is 2.86. The fourth-order valence-electron chi connectivity index (χ4n) is 0.414. The molecule has 0 radical (unpaired) electrons. The third-order valence-corrected chi connectivity index (χ3v) is 1.26. The predicted molar refractivity (Wildman–Crippen MR) is 44.5 cm³/mol. The van der Waals surface area contributed by atoms with E-state index < -0.39 is 0 Å². The number of hydrogen-bond acceptors (Lipinski definition) is 0. The van der Waals surface area contributed by atoms with Crippen LogP contribution in [-0.2, 0) is 0 Å². The van der Waals surface area contributed by atoms with Crippen LogP contribution < -0.4 is 0 Å². The molecule has 0 aromatic carbocycles. The minimum absolute atomic E-state index is 0.440. The molecule has 8 heavy (non-hydrogen) atoms. The Bertz CT molecular complexity index is 65.3. The van der Waals surface area contributed by atoms with Crippen LogP contribution in [0.3, 0.4) is 0 Å². The van der Waals surface area contributed by atoms with Crippen molar-refractivity contribution >= 4 is 31.9 Å². The predicted octanol–water partition coefficient (Wildman–Crippen LogP) is 1.81. The van der Waals surface area contributed by atoms with Gasteiger partial charge in [-0.3, -0.25) is 0 Å². The molecule has 0 fully saturated rings. The number of halogens is 2. The second-order valence-corrected chi connectivity index (χ2v) is 6.30. The number of nitrogens with zero attached hydrogens (tertiary/aromatic N) is 1. The molecule has 0 aromatic heterocycles. The fourth-order valence-corrected chi connectivity index (χ4v) is 2.15. The highest BCUT2D eigenvalue weighted by Gasteiger charge is 2.10. The zero-order valence-corrected chi connectivity index (χ0v) is 8.66. The standard InChI is InChI=1S/C5H12Br2N/c1-8(2,3)4-5(6)7/h5H,4H2,1-3H3/q+1. The molecular weight excluding hydrogens is 234 g/mol. The third kappa shape index (κ3) is 6.92. The Morgan fingerprint density at radius 2 is 1.62 bits per heavy atom. The Balaban J connectivity index is 3.39. The maximum Gasteiger partial charge on any atom is 0.118 e. The summed E-state index contributed by atoms with van der Waals surface area (Å²) in [6.45, 7) is 1.10. The van der Waals surface area contributed by atoms with Crippen LogP contribution in [0.5, 0.6) is 0 Å². The Labute approximate surface area is 67.9 Å². The number of rotatable bonds is 2. The zero-order valence-electron chi connectivity index (χ0n) is 5.49. The summed E-state index contributed by atoms with van der Waals surface area (Å²) in [5.41, 5.74) is 0. The first-order valence-corrected chi connectivity index (χ1v) is 4.33. The van der Waals surface area contributed by atoms with Gasteiger partial charge in [-0.1, -0.05) is 31.9 Å². The Morgan fingerprint density at radius 3 is 1.62 bits per heavy atom. The molecule has 1 nitrogen and oxygen atoms in total. The lowest BCUT2D eigenvalue weighted by Gasteiger charge is -2.24. The van der Waals surface area contributed by atoms with Gasteiger partial charge in [0.25, 0.3) is 0 Å². The summed E-state index contributed by atoms with van der Waals surface area (Å²) in [4.78, 5) is 0. The van der Waals surface area contributed by atoms with Crippen molar-refractivity contribution in [3.8, 4) is 0 Å². The molecular formula is C5H12Br2N+. The van der Waals surface area contributed by atoms with Crippen LogP contribution >= 0.6 is 31.9 Å². The number of hydrogen-bond donors (Lipinski definition) is 0. The zero-order chi connectivity index (χ0) is 6.78. The van der Waals surface area contributed by atoms with E-state index in [1.807, 2.05) is 0 Å². The van der Waals surface area contributed by atoms with Crippen molar-refractivity contribution in [1.29, 1.82) is 0 Å². The molecule has 0 saturated carbocycles. The maximum absolute atomic E-state index is 3.41. The molecule has 0 aliphatic heterocycles. The molecule has 0 bridgehead atoms. The highest BCUT2D eigenvalue weighted by molar-refractivity contribution is 9.24. The van der Waals surface area contributed by atoms with Gasteiger partial charge in [0.15, 0.2) is 0 Å². The highest BCUT2D eigenvalue weighted by Crippen LogP contribution is 2.10. The van der Waals surface area contributed by atoms with Crippen LogP contribution in [0.4, 0.5) is 0 Å². The maximum atomic E-state index is 3.41. The second kappa shape index (κ2) is 3.18. The fraction of sp³-hybridized carbons (Fsp3) is 1.00. The summed E-state index contributed by atoms with van der Waals surface area (Å²) in [6.07, 6.45) is 0. The van der Waals surface area contributed by atoms with E-state index >= 15 is 0 Å². The molecule has 0 rings (SSSR count). The SMILES string of the molecule is C[N+](C)(C)CC(Br)Br. The normalized spacial score (nSPS) is 12.8. The van der Waals surface area contributed by atoms with E-state index in [1.165, 1.54) is 0 Å². The van der Waals surface area contributed by atoms with Gasteiger partial charge in [0, 0.05) is 0 Å². The van der Waals surface area contributed by atoms with E-state index in [0.29, 0.717) is 3.74 Å². The topological polar surface area (TPSA) is 0 Å². The lowest BCUT2D eigenvalue weighted by Crippen LogP contribution is -2.37. The molecule has 0 heterocycles. The number of quaternary nitrogens is 1. The van der Waals surface area contributed by atoms with Crippen LogP contribution in [0.15, 0.2) is 0 Å². The molecule has 0 N–H and O–H groups in total. The summed E-state index contributed by atoms with van der Waals surface area (Å²) in [5, 5.41) is 0. The lowest BCUT2D eigenvalue weighted by atomic mass is 10.6. The van der Waals surface area contributed by atoms with Crippen molar-refractivity contribution in [3.63, 3.8) is 0 Å². The summed E-state index contributed by atoms with van der Waals surface area (Å²) >= 11 is 6.82. The molecule has 0 aromatic rings. The molecule has 0 unspecified atom stereocenters. The average molecular weight is 246 g/mol. The lowest BCUT2D eigenvalue weighted by molar-refractivity contribution is -0.868. The van der Waals surface area contributed by atoms with Crippen molar-refractivity contribution in [2.24, 2.45) is 0 Å². The van der Waals surface area contributed by atoms with Gasteiger partial charge >= 0.3 is 0 Å². The van der Waals surface area contributed by atoms with Gasteiger partial charge in [-0.05, 0) is 0 Å². The van der Waals surface area contributed by atoms with Crippen LogP contribution in [-0.4, -0.2) is 35.9 Å². The molecule has 0 aliphatic rings. The molecule has 0 aliphatic carbocycles. The quantitative estimate of drug-likeness (QED) is 0.514. The molecule has 0 saturated heterocycles. The first-order valence-electron chi connectivity index (χ1n) is 2.50. The van der Waals surface area contributed by atoms with Crippen LogP contribution in [0, 0.1) is 0 Å². The molecule has 0 atom stereocenters. The Hall–Kier alpha value is 0.920. The van der Waals surface area contributed by atoms with Gasteiger partial charge in [0.05, 0.1) is 21.1 Å². The van der Waals surface area contributed by atoms with Gasteiger partial charge in [-0.25, -0.2) is 0 Å². The largest absolute Gasteiger partial charge is 0.329 e. The molecule has 0 spiro atoms.